The molecule has 0 aliphatic rings. The molecular weight excluding hydrogens is 281 g/mol. The fourth-order valence-electron chi connectivity index (χ4n) is 1.34. The van der Waals surface area contributed by atoms with Crippen LogP contribution in [0.15, 0.2) is 24.4 Å². The highest BCUT2D eigenvalue weighted by Crippen LogP contribution is 2.28. The Hall–Kier alpha value is -1.10. The topological polar surface area (TPSA) is 50.2 Å². The Morgan fingerprint density at radius 1 is 1.35 bits per heavy atom. The highest BCUT2D eigenvalue weighted by atomic mass is 35.5. The van der Waals surface area contributed by atoms with Gasteiger partial charge in [0, 0.05) is 16.5 Å². The number of halogens is 2. The molecule has 0 atom stereocenters. The average molecular weight is 288 g/mol. The summed E-state index contributed by atoms with van der Waals surface area (Å²) in [6, 6.07) is 5.25. The van der Waals surface area contributed by atoms with Crippen LogP contribution in [0.25, 0.3) is 0 Å². The molecule has 1 aromatic heterocycles. The number of aromatic carboxylic acids is 1. The largest absolute Gasteiger partial charge is 0.477 e. The van der Waals surface area contributed by atoms with E-state index < -0.39 is 5.97 Å². The second-order valence-electron chi connectivity index (χ2n) is 3.30. The fraction of sp³-hybridized carbons (Fsp3) is 0.0909. The standard InChI is InChI=1S/C11H7Cl2NO2S/c12-7-2-1-3-8(13)6(7)4-10-14-5-9(17-10)11(15)16/h1-3,5H,4H2,(H,15,16). The number of nitrogens with zero attached hydrogens (tertiary/aromatic N) is 1. The summed E-state index contributed by atoms with van der Waals surface area (Å²) in [5.41, 5.74) is 0.766. The summed E-state index contributed by atoms with van der Waals surface area (Å²) in [6.07, 6.45) is 1.78. The normalized spacial score (nSPS) is 10.5. The molecule has 0 unspecified atom stereocenters. The first-order valence-corrected chi connectivity index (χ1v) is 6.26. The second kappa shape index (κ2) is 5.04. The van der Waals surface area contributed by atoms with Crippen LogP contribution in [0.2, 0.25) is 10.0 Å². The Balaban J connectivity index is 2.28. The summed E-state index contributed by atoms with van der Waals surface area (Å²) in [5, 5.41) is 10.6. The minimum Gasteiger partial charge on any atom is -0.477 e. The van der Waals surface area contributed by atoms with Gasteiger partial charge in [-0.1, -0.05) is 29.3 Å². The molecule has 0 aliphatic carbocycles. The monoisotopic (exact) mass is 287 g/mol. The van der Waals surface area contributed by atoms with Gasteiger partial charge in [0.25, 0.3) is 0 Å². The van der Waals surface area contributed by atoms with Crippen molar-refractivity contribution in [1.82, 2.24) is 4.98 Å². The highest BCUT2D eigenvalue weighted by molar-refractivity contribution is 7.13. The first-order chi connectivity index (χ1) is 8.08. The van der Waals surface area contributed by atoms with Crippen molar-refractivity contribution in [2.24, 2.45) is 0 Å². The van der Waals surface area contributed by atoms with Crippen molar-refractivity contribution in [2.75, 3.05) is 0 Å². The number of carboxylic acids is 1. The lowest BCUT2D eigenvalue weighted by Gasteiger charge is -2.03. The molecule has 0 saturated heterocycles. The van der Waals surface area contributed by atoms with E-state index in [4.69, 9.17) is 28.3 Å². The van der Waals surface area contributed by atoms with Crippen LogP contribution < -0.4 is 0 Å². The SMILES string of the molecule is O=C(O)c1cnc(Cc2c(Cl)cccc2Cl)s1. The van der Waals surface area contributed by atoms with Gasteiger partial charge in [-0.15, -0.1) is 11.3 Å². The Morgan fingerprint density at radius 2 is 2.00 bits per heavy atom. The fourth-order valence-corrected chi connectivity index (χ4v) is 2.64. The van der Waals surface area contributed by atoms with Gasteiger partial charge < -0.3 is 5.11 Å². The first-order valence-electron chi connectivity index (χ1n) is 4.69. The predicted octanol–water partition coefficient (Wildman–Crippen LogP) is 3.74. The van der Waals surface area contributed by atoms with Gasteiger partial charge in [-0.2, -0.15) is 0 Å². The lowest BCUT2D eigenvalue weighted by Crippen LogP contribution is -1.90. The van der Waals surface area contributed by atoms with Crippen LogP contribution >= 0.6 is 34.5 Å². The zero-order valence-corrected chi connectivity index (χ0v) is 10.8. The van der Waals surface area contributed by atoms with Crippen LogP contribution in [0.3, 0.4) is 0 Å². The van der Waals surface area contributed by atoms with Gasteiger partial charge in [-0.05, 0) is 17.7 Å². The summed E-state index contributed by atoms with van der Waals surface area (Å²) >= 11 is 13.2. The molecule has 0 spiro atoms. The van der Waals surface area contributed by atoms with Crippen molar-refractivity contribution < 1.29 is 9.90 Å². The Bertz CT molecular complexity index is 548. The van der Waals surface area contributed by atoms with Crippen molar-refractivity contribution in [2.45, 2.75) is 6.42 Å². The average Bonchev–Trinajstić information content (AvgIpc) is 2.72. The second-order valence-corrected chi connectivity index (χ2v) is 5.23. The molecule has 6 heteroatoms. The van der Waals surface area contributed by atoms with Gasteiger partial charge in [0.2, 0.25) is 0 Å². The maximum Gasteiger partial charge on any atom is 0.347 e. The summed E-state index contributed by atoms with van der Waals surface area (Å²) in [4.78, 5) is 15.0. The number of carboxylic acid groups (broad SMARTS) is 1. The van der Waals surface area contributed by atoms with E-state index in [9.17, 15) is 4.79 Å². The third kappa shape index (κ3) is 2.77. The van der Waals surface area contributed by atoms with Crippen LogP contribution in [0, 0.1) is 0 Å². The molecule has 17 heavy (non-hydrogen) atoms. The number of aromatic nitrogens is 1. The Kier molecular flexibility index (Phi) is 3.66. The van der Waals surface area contributed by atoms with Gasteiger partial charge in [-0.25, -0.2) is 9.78 Å². The molecule has 2 rings (SSSR count). The van der Waals surface area contributed by atoms with E-state index in [2.05, 4.69) is 4.98 Å². The minimum absolute atomic E-state index is 0.211. The molecule has 0 aliphatic heterocycles. The van der Waals surface area contributed by atoms with Gasteiger partial charge in [0.15, 0.2) is 0 Å². The predicted molar refractivity (Wildman–Crippen MR) is 68.3 cm³/mol. The molecule has 88 valence electrons. The lowest BCUT2D eigenvalue weighted by molar-refractivity contribution is 0.0702. The van der Waals surface area contributed by atoms with Gasteiger partial charge in [0.1, 0.15) is 4.88 Å². The molecule has 0 bridgehead atoms. The van der Waals surface area contributed by atoms with E-state index in [1.807, 2.05) is 0 Å². The highest BCUT2D eigenvalue weighted by Gasteiger charge is 2.12. The molecule has 0 saturated carbocycles. The van der Waals surface area contributed by atoms with Crippen LogP contribution in [0.1, 0.15) is 20.2 Å². The molecule has 0 amide bonds. The smallest absolute Gasteiger partial charge is 0.347 e. The van der Waals surface area contributed by atoms with Crippen molar-refractivity contribution >= 4 is 40.5 Å². The van der Waals surface area contributed by atoms with E-state index in [0.717, 1.165) is 16.9 Å². The zero-order valence-electron chi connectivity index (χ0n) is 8.48. The van der Waals surface area contributed by atoms with Crippen LogP contribution in [-0.4, -0.2) is 16.1 Å². The molecule has 3 nitrogen and oxygen atoms in total. The number of carbonyl (C=O) groups is 1. The maximum absolute atomic E-state index is 10.7. The first kappa shape index (κ1) is 12.4. The van der Waals surface area contributed by atoms with Gasteiger partial charge >= 0.3 is 5.97 Å². The number of hydrogen-bond acceptors (Lipinski definition) is 3. The molecule has 1 N–H and O–H groups in total. The van der Waals surface area contributed by atoms with Gasteiger partial charge in [-0.3, -0.25) is 0 Å². The van der Waals surface area contributed by atoms with Crippen molar-refractivity contribution in [3.8, 4) is 0 Å². The van der Waals surface area contributed by atoms with Crippen molar-refractivity contribution in [1.29, 1.82) is 0 Å². The maximum atomic E-state index is 10.7. The minimum atomic E-state index is -0.973. The Labute approximate surface area is 112 Å². The lowest BCUT2D eigenvalue weighted by atomic mass is 10.1. The van der Waals surface area contributed by atoms with E-state index in [-0.39, 0.29) is 4.88 Å². The third-order valence-corrected chi connectivity index (χ3v) is 3.85. The molecular formula is C11H7Cl2NO2S. The number of hydrogen-bond donors (Lipinski definition) is 1. The summed E-state index contributed by atoms with van der Waals surface area (Å²) in [6.45, 7) is 0. The van der Waals surface area contributed by atoms with E-state index >= 15 is 0 Å². The molecule has 0 radical (unpaired) electrons. The number of thiazole rings is 1. The summed E-state index contributed by atoms with van der Waals surface area (Å²) < 4.78 is 0. The van der Waals surface area contributed by atoms with Crippen LogP contribution in [0.4, 0.5) is 0 Å². The zero-order chi connectivity index (χ0) is 12.4. The number of benzene rings is 1. The molecule has 0 fully saturated rings. The van der Waals surface area contributed by atoms with E-state index in [1.54, 1.807) is 18.2 Å². The van der Waals surface area contributed by atoms with Crippen LogP contribution in [0.5, 0.6) is 0 Å². The summed E-state index contributed by atoms with van der Waals surface area (Å²) in [7, 11) is 0. The van der Waals surface area contributed by atoms with E-state index in [0.29, 0.717) is 21.5 Å². The molecule has 1 aromatic carbocycles. The molecule has 2 aromatic rings. The Morgan fingerprint density at radius 3 is 2.53 bits per heavy atom. The van der Waals surface area contributed by atoms with Crippen molar-refractivity contribution in [3.63, 3.8) is 0 Å². The third-order valence-electron chi connectivity index (χ3n) is 2.15. The van der Waals surface area contributed by atoms with Crippen molar-refractivity contribution in [3.05, 3.63) is 49.9 Å². The van der Waals surface area contributed by atoms with Crippen LogP contribution in [-0.2, 0) is 6.42 Å². The quantitative estimate of drug-likeness (QED) is 0.936. The van der Waals surface area contributed by atoms with Gasteiger partial charge in [0.05, 0.1) is 11.2 Å². The van der Waals surface area contributed by atoms with E-state index in [1.165, 1.54) is 6.20 Å². The number of rotatable bonds is 3. The summed E-state index contributed by atoms with van der Waals surface area (Å²) in [5.74, 6) is -0.973. The molecule has 1 heterocycles.